The zero-order valence-electron chi connectivity index (χ0n) is 13.8. The Morgan fingerprint density at radius 1 is 1.40 bits per heavy atom. The summed E-state index contributed by atoms with van der Waals surface area (Å²) in [5.74, 6) is -0.855. The number of benzene rings is 1. The third-order valence-electron chi connectivity index (χ3n) is 3.89. The van der Waals surface area contributed by atoms with Gasteiger partial charge in [0.25, 0.3) is 0 Å². The summed E-state index contributed by atoms with van der Waals surface area (Å²) >= 11 is 5.90. The molecular weight excluding hydrogens is 370 g/mol. The van der Waals surface area contributed by atoms with E-state index in [4.69, 9.17) is 17.3 Å². The molecule has 1 unspecified atom stereocenters. The van der Waals surface area contributed by atoms with Crippen molar-refractivity contribution in [2.24, 2.45) is 11.7 Å². The van der Waals surface area contributed by atoms with Crippen LogP contribution in [0.25, 0.3) is 0 Å². The molecule has 25 heavy (non-hydrogen) atoms. The molecule has 1 heterocycles. The Morgan fingerprint density at radius 3 is 2.84 bits per heavy atom. The van der Waals surface area contributed by atoms with Gasteiger partial charge in [0.1, 0.15) is 5.82 Å². The number of carbonyl (C=O) groups is 2. The molecule has 0 radical (unpaired) electrons. The summed E-state index contributed by atoms with van der Waals surface area (Å²) in [6.07, 6.45) is 1.66. The molecule has 6 nitrogen and oxygen atoms in total. The molecule has 1 atom stereocenters. The second-order valence-electron chi connectivity index (χ2n) is 5.83. The number of nitrogens with zero attached hydrogens (tertiary/aromatic N) is 1. The minimum Gasteiger partial charge on any atom is -0.355 e. The Kier molecular flexibility index (Phi) is 9.13. The average Bonchev–Trinajstić information content (AvgIpc) is 2.55. The fourth-order valence-corrected chi connectivity index (χ4v) is 2.95. The van der Waals surface area contributed by atoms with E-state index < -0.39 is 5.82 Å². The van der Waals surface area contributed by atoms with Crippen molar-refractivity contribution in [2.45, 2.75) is 12.8 Å². The Morgan fingerprint density at radius 2 is 2.16 bits per heavy atom. The number of likely N-dealkylation sites (tertiary alicyclic amines) is 1. The van der Waals surface area contributed by atoms with E-state index in [0.29, 0.717) is 25.3 Å². The van der Waals surface area contributed by atoms with Gasteiger partial charge in [-0.25, -0.2) is 4.39 Å². The summed E-state index contributed by atoms with van der Waals surface area (Å²) in [5, 5.41) is 5.60. The van der Waals surface area contributed by atoms with Crippen molar-refractivity contribution in [1.29, 1.82) is 0 Å². The SMILES string of the molecule is Cl.NCCNC(=O)C1CCCN(CC(=O)Nc2ccc(F)cc2Cl)C1. The first-order valence-electron chi connectivity index (χ1n) is 7.94. The summed E-state index contributed by atoms with van der Waals surface area (Å²) in [4.78, 5) is 26.1. The van der Waals surface area contributed by atoms with Gasteiger partial charge in [0, 0.05) is 19.6 Å². The van der Waals surface area contributed by atoms with E-state index in [1.807, 2.05) is 4.90 Å². The van der Waals surface area contributed by atoms with Crippen LogP contribution in [-0.4, -0.2) is 49.4 Å². The predicted molar refractivity (Wildman–Crippen MR) is 98.5 cm³/mol. The molecule has 1 aromatic carbocycles. The quantitative estimate of drug-likeness (QED) is 0.686. The van der Waals surface area contributed by atoms with Crippen LogP contribution in [0.2, 0.25) is 5.02 Å². The minimum atomic E-state index is -0.458. The van der Waals surface area contributed by atoms with Crippen LogP contribution in [0.1, 0.15) is 12.8 Å². The molecule has 2 amide bonds. The van der Waals surface area contributed by atoms with E-state index in [0.717, 1.165) is 25.5 Å². The topological polar surface area (TPSA) is 87.5 Å². The second-order valence-corrected chi connectivity index (χ2v) is 6.23. The molecule has 0 aliphatic carbocycles. The summed E-state index contributed by atoms with van der Waals surface area (Å²) in [5.41, 5.74) is 5.75. The number of piperidine rings is 1. The number of hydrogen-bond donors (Lipinski definition) is 3. The summed E-state index contributed by atoms with van der Waals surface area (Å²) < 4.78 is 13.0. The maximum atomic E-state index is 13.0. The molecule has 1 aliphatic heterocycles. The first-order chi connectivity index (χ1) is 11.5. The highest BCUT2D eigenvalue weighted by atomic mass is 35.5. The molecule has 1 aliphatic rings. The van der Waals surface area contributed by atoms with Gasteiger partial charge in [-0.3, -0.25) is 14.5 Å². The molecule has 0 aromatic heterocycles. The number of anilines is 1. The maximum absolute atomic E-state index is 13.0. The molecule has 1 fully saturated rings. The standard InChI is InChI=1S/C16H22ClFN4O2.ClH/c17-13-8-12(18)3-4-14(13)21-15(23)10-22-7-1-2-11(9-22)16(24)20-6-5-19;/h3-4,8,11H,1-2,5-7,9-10,19H2,(H,20,24)(H,21,23);1H. The highest BCUT2D eigenvalue weighted by Crippen LogP contribution is 2.22. The van der Waals surface area contributed by atoms with Crippen LogP contribution in [0.5, 0.6) is 0 Å². The van der Waals surface area contributed by atoms with Gasteiger partial charge >= 0.3 is 0 Å². The Balaban J connectivity index is 0.00000312. The zero-order valence-corrected chi connectivity index (χ0v) is 15.3. The number of rotatable bonds is 6. The molecule has 9 heteroatoms. The van der Waals surface area contributed by atoms with E-state index in [9.17, 15) is 14.0 Å². The van der Waals surface area contributed by atoms with Gasteiger partial charge < -0.3 is 16.4 Å². The molecule has 0 bridgehead atoms. The Bertz CT molecular complexity index is 603. The van der Waals surface area contributed by atoms with E-state index in [-0.39, 0.29) is 41.7 Å². The van der Waals surface area contributed by atoms with Crippen LogP contribution in [-0.2, 0) is 9.59 Å². The summed E-state index contributed by atoms with van der Waals surface area (Å²) in [6, 6.07) is 3.81. The maximum Gasteiger partial charge on any atom is 0.238 e. The fourth-order valence-electron chi connectivity index (χ4n) is 2.74. The molecular formula is C16H23Cl2FN4O2. The lowest BCUT2D eigenvalue weighted by molar-refractivity contribution is -0.127. The third kappa shape index (κ3) is 6.78. The molecule has 4 N–H and O–H groups in total. The van der Waals surface area contributed by atoms with E-state index >= 15 is 0 Å². The fraction of sp³-hybridized carbons (Fsp3) is 0.500. The van der Waals surface area contributed by atoms with E-state index in [1.54, 1.807) is 0 Å². The molecule has 1 saturated heterocycles. The monoisotopic (exact) mass is 392 g/mol. The highest BCUT2D eigenvalue weighted by Gasteiger charge is 2.26. The second kappa shape index (κ2) is 10.6. The van der Waals surface area contributed by atoms with Crippen molar-refractivity contribution in [3.8, 4) is 0 Å². The van der Waals surface area contributed by atoms with Crippen LogP contribution in [0, 0.1) is 11.7 Å². The van der Waals surface area contributed by atoms with E-state index in [1.165, 1.54) is 12.1 Å². The van der Waals surface area contributed by atoms with Gasteiger partial charge in [0.05, 0.1) is 23.2 Å². The van der Waals surface area contributed by atoms with Crippen molar-refractivity contribution >= 4 is 41.5 Å². The highest BCUT2D eigenvalue weighted by molar-refractivity contribution is 6.33. The van der Waals surface area contributed by atoms with Gasteiger partial charge in [-0.2, -0.15) is 0 Å². The van der Waals surface area contributed by atoms with Crippen molar-refractivity contribution in [3.63, 3.8) is 0 Å². The first kappa shape index (κ1) is 21.6. The lowest BCUT2D eigenvalue weighted by Crippen LogP contribution is -2.46. The molecule has 2 rings (SSSR count). The van der Waals surface area contributed by atoms with Crippen LogP contribution >= 0.6 is 24.0 Å². The molecule has 0 spiro atoms. The van der Waals surface area contributed by atoms with Crippen molar-refractivity contribution in [2.75, 3.05) is 38.0 Å². The van der Waals surface area contributed by atoms with Gasteiger partial charge in [-0.05, 0) is 37.6 Å². The van der Waals surface area contributed by atoms with Crippen molar-refractivity contribution in [3.05, 3.63) is 29.0 Å². The number of nitrogens with two attached hydrogens (primary N) is 1. The minimum absolute atomic E-state index is 0. The third-order valence-corrected chi connectivity index (χ3v) is 4.21. The van der Waals surface area contributed by atoms with Crippen LogP contribution in [0.3, 0.4) is 0 Å². The van der Waals surface area contributed by atoms with Crippen molar-refractivity contribution in [1.82, 2.24) is 10.2 Å². The van der Waals surface area contributed by atoms with Crippen LogP contribution in [0.15, 0.2) is 18.2 Å². The zero-order chi connectivity index (χ0) is 17.5. The first-order valence-corrected chi connectivity index (χ1v) is 8.32. The Labute approximate surface area is 157 Å². The van der Waals surface area contributed by atoms with Gasteiger partial charge in [0.2, 0.25) is 11.8 Å². The van der Waals surface area contributed by atoms with Crippen LogP contribution < -0.4 is 16.4 Å². The predicted octanol–water partition coefficient (Wildman–Crippen LogP) is 1.63. The van der Waals surface area contributed by atoms with E-state index in [2.05, 4.69) is 10.6 Å². The van der Waals surface area contributed by atoms with Gasteiger partial charge in [-0.15, -0.1) is 12.4 Å². The van der Waals surface area contributed by atoms with Crippen LogP contribution in [0.4, 0.5) is 10.1 Å². The smallest absolute Gasteiger partial charge is 0.238 e. The number of halogens is 3. The number of amides is 2. The average molecular weight is 393 g/mol. The van der Waals surface area contributed by atoms with Gasteiger partial charge in [-0.1, -0.05) is 11.6 Å². The van der Waals surface area contributed by atoms with Crippen molar-refractivity contribution < 1.29 is 14.0 Å². The molecule has 140 valence electrons. The lowest BCUT2D eigenvalue weighted by atomic mass is 9.97. The van der Waals surface area contributed by atoms with Gasteiger partial charge in [0.15, 0.2) is 0 Å². The lowest BCUT2D eigenvalue weighted by Gasteiger charge is -2.31. The molecule has 0 saturated carbocycles. The Hall–Kier alpha value is -1.41. The normalized spacial score (nSPS) is 17.5. The number of carbonyl (C=O) groups excluding carboxylic acids is 2. The summed E-state index contributed by atoms with van der Waals surface area (Å²) in [7, 11) is 0. The number of hydrogen-bond acceptors (Lipinski definition) is 4. The molecule has 1 aromatic rings. The largest absolute Gasteiger partial charge is 0.355 e. The summed E-state index contributed by atoms with van der Waals surface area (Å²) in [6.45, 7) is 2.31. The number of nitrogens with one attached hydrogen (secondary N) is 2.